The molecule has 0 atom stereocenters. The first-order valence-corrected chi connectivity index (χ1v) is 6.59. The number of ketones is 1. The molecule has 4 heteroatoms. The van der Waals surface area contributed by atoms with E-state index >= 15 is 0 Å². The number of Topliss-reactive ketones (excluding diaryl/α,β-unsaturated/α-hetero) is 1. The van der Waals surface area contributed by atoms with Crippen LogP contribution in [0.3, 0.4) is 0 Å². The minimum Gasteiger partial charge on any atom is -0.496 e. The molecule has 0 amide bonds. The van der Waals surface area contributed by atoms with Gasteiger partial charge in [-0.1, -0.05) is 26.8 Å². The van der Waals surface area contributed by atoms with Gasteiger partial charge in [-0.2, -0.15) is 0 Å². The summed E-state index contributed by atoms with van der Waals surface area (Å²) in [5.74, 6) is 0.633. The monoisotopic (exact) mass is 272 g/mol. The standard InChI is InChI=1S/C16H20N2O2/c1-16(2,3)12-5-6-15(20-4)13(9-12)14(19)10-18-8-7-17-11-18/h5-9,11H,10H2,1-4H3. The molecule has 106 valence electrons. The summed E-state index contributed by atoms with van der Waals surface area (Å²) in [6.07, 6.45) is 5.08. The third kappa shape index (κ3) is 3.07. The lowest BCUT2D eigenvalue weighted by molar-refractivity contribution is 0.0969. The maximum atomic E-state index is 12.4. The predicted molar refractivity (Wildman–Crippen MR) is 78.3 cm³/mol. The third-order valence-electron chi connectivity index (χ3n) is 3.25. The van der Waals surface area contributed by atoms with Crippen LogP contribution in [0, 0.1) is 0 Å². The Hall–Kier alpha value is -2.10. The Morgan fingerprint density at radius 3 is 2.65 bits per heavy atom. The van der Waals surface area contributed by atoms with Crippen LogP contribution in [0.1, 0.15) is 36.7 Å². The zero-order valence-corrected chi connectivity index (χ0v) is 12.4. The molecule has 0 unspecified atom stereocenters. The van der Waals surface area contributed by atoms with Gasteiger partial charge < -0.3 is 9.30 Å². The second-order valence-electron chi connectivity index (χ2n) is 5.82. The maximum Gasteiger partial charge on any atom is 0.186 e. The van der Waals surface area contributed by atoms with Gasteiger partial charge in [-0.3, -0.25) is 4.79 Å². The van der Waals surface area contributed by atoms with Crippen LogP contribution in [-0.4, -0.2) is 22.4 Å². The third-order valence-corrected chi connectivity index (χ3v) is 3.25. The van der Waals surface area contributed by atoms with Gasteiger partial charge in [0.15, 0.2) is 5.78 Å². The van der Waals surface area contributed by atoms with Crippen molar-refractivity contribution < 1.29 is 9.53 Å². The smallest absolute Gasteiger partial charge is 0.186 e. The summed E-state index contributed by atoms with van der Waals surface area (Å²) < 4.78 is 7.06. The molecule has 4 nitrogen and oxygen atoms in total. The van der Waals surface area contributed by atoms with E-state index in [0.717, 1.165) is 5.56 Å². The lowest BCUT2D eigenvalue weighted by Crippen LogP contribution is -2.15. The van der Waals surface area contributed by atoms with Crippen LogP contribution < -0.4 is 4.74 Å². The van der Waals surface area contributed by atoms with Gasteiger partial charge in [0, 0.05) is 12.4 Å². The molecule has 0 radical (unpaired) electrons. The molecule has 0 bridgehead atoms. The molecule has 2 rings (SSSR count). The van der Waals surface area contributed by atoms with Crippen LogP contribution in [0.15, 0.2) is 36.9 Å². The van der Waals surface area contributed by atoms with E-state index in [1.165, 1.54) is 0 Å². The summed E-state index contributed by atoms with van der Waals surface area (Å²) in [6.45, 7) is 6.64. The van der Waals surface area contributed by atoms with Gasteiger partial charge in [0.25, 0.3) is 0 Å². The molecule has 0 saturated carbocycles. The van der Waals surface area contributed by atoms with Crippen LogP contribution in [0.5, 0.6) is 5.75 Å². The highest BCUT2D eigenvalue weighted by molar-refractivity contribution is 5.98. The number of nitrogens with zero attached hydrogens (tertiary/aromatic N) is 2. The number of rotatable bonds is 4. The molecule has 0 N–H and O–H groups in total. The van der Waals surface area contributed by atoms with E-state index in [1.54, 1.807) is 30.4 Å². The maximum absolute atomic E-state index is 12.4. The molecule has 0 saturated heterocycles. The highest BCUT2D eigenvalue weighted by Gasteiger charge is 2.19. The first-order valence-electron chi connectivity index (χ1n) is 6.59. The summed E-state index contributed by atoms with van der Waals surface area (Å²) in [7, 11) is 1.58. The Morgan fingerprint density at radius 2 is 2.10 bits per heavy atom. The van der Waals surface area contributed by atoms with Crippen molar-refractivity contribution in [3.05, 3.63) is 48.0 Å². The number of methoxy groups -OCH3 is 1. The molecule has 20 heavy (non-hydrogen) atoms. The topological polar surface area (TPSA) is 44.1 Å². The van der Waals surface area contributed by atoms with Crippen molar-refractivity contribution in [1.82, 2.24) is 9.55 Å². The van der Waals surface area contributed by atoms with E-state index in [9.17, 15) is 4.79 Å². The second kappa shape index (κ2) is 5.49. The molecular weight excluding hydrogens is 252 g/mol. The Morgan fingerprint density at radius 1 is 1.35 bits per heavy atom. The fourth-order valence-electron chi connectivity index (χ4n) is 2.02. The number of ether oxygens (including phenoxy) is 1. The first kappa shape index (κ1) is 14.3. The molecule has 0 aliphatic carbocycles. The fourth-order valence-corrected chi connectivity index (χ4v) is 2.02. The lowest BCUT2D eigenvalue weighted by atomic mass is 9.85. The Balaban J connectivity index is 2.35. The first-order chi connectivity index (χ1) is 9.41. The van der Waals surface area contributed by atoms with E-state index in [1.807, 2.05) is 18.2 Å². The summed E-state index contributed by atoms with van der Waals surface area (Å²) in [5, 5.41) is 0. The van der Waals surface area contributed by atoms with Gasteiger partial charge in [-0.25, -0.2) is 4.98 Å². The molecule has 0 fully saturated rings. The van der Waals surface area contributed by atoms with Crippen LogP contribution in [0.4, 0.5) is 0 Å². The number of carbonyl (C=O) groups excluding carboxylic acids is 1. The minimum atomic E-state index is -0.00366. The van der Waals surface area contributed by atoms with Gasteiger partial charge in [0.05, 0.1) is 25.5 Å². The molecule has 2 aromatic rings. The van der Waals surface area contributed by atoms with Crippen molar-refractivity contribution >= 4 is 5.78 Å². The number of carbonyl (C=O) groups is 1. The molecule has 1 aromatic heterocycles. The average Bonchev–Trinajstić information content (AvgIpc) is 2.89. The normalized spacial score (nSPS) is 11.4. The van der Waals surface area contributed by atoms with Gasteiger partial charge in [-0.05, 0) is 23.1 Å². The van der Waals surface area contributed by atoms with E-state index in [-0.39, 0.29) is 17.7 Å². The van der Waals surface area contributed by atoms with Gasteiger partial charge >= 0.3 is 0 Å². The van der Waals surface area contributed by atoms with E-state index < -0.39 is 0 Å². The summed E-state index contributed by atoms with van der Waals surface area (Å²) in [6, 6.07) is 5.80. The zero-order chi connectivity index (χ0) is 14.8. The van der Waals surface area contributed by atoms with Crippen LogP contribution in [0.25, 0.3) is 0 Å². The highest BCUT2D eigenvalue weighted by Crippen LogP contribution is 2.28. The second-order valence-corrected chi connectivity index (χ2v) is 5.82. The van der Waals surface area contributed by atoms with Crippen LogP contribution in [0.2, 0.25) is 0 Å². The number of aromatic nitrogens is 2. The quantitative estimate of drug-likeness (QED) is 0.803. The highest BCUT2D eigenvalue weighted by atomic mass is 16.5. The van der Waals surface area contributed by atoms with Crippen molar-refractivity contribution in [2.24, 2.45) is 0 Å². The molecule has 1 heterocycles. The minimum absolute atomic E-state index is 0.00366. The van der Waals surface area contributed by atoms with E-state index in [0.29, 0.717) is 11.3 Å². The summed E-state index contributed by atoms with van der Waals surface area (Å²) >= 11 is 0. The summed E-state index contributed by atoms with van der Waals surface area (Å²) in [4.78, 5) is 16.4. The SMILES string of the molecule is COc1ccc(C(C)(C)C)cc1C(=O)Cn1ccnc1. The van der Waals surface area contributed by atoms with Crippen molar-refractivity contribution in [3.8, 4) is 5.75 Å². The lowest BCUT2D eigenvalue weighted by Gasteiger charge is -2.20. The van der Waals surface area contributed by atoms with Gasteiger partial charge in [-0.15, -0.1) is 0 Å². The van der Waals surface area contributed by atoms with Gasteiger partial charge in [0.2, 0.25) is 0 Å². The summed E-state index contributed by atoms with van der Waals surface area (Å²) in [5.41, 5.74) is 1.73. The van der Waals surface area contributed by atoms with E-state index in [4.69, 9.17) is 4.74 Å². The predicted octanol–water partition coefficient (Wildman–Crippen LogP) is 3.07. The Labute approximate surface area is 119 Å². The van der Waals surface area contributed by atoms with E-state index in [2.05, 4.69) is 25.8 Å². The number of hydrogen-bond acceptors (Lipinski definition) is 3. The zero-order valence-electron chi connectivity index (χ0n) is 12.4. The molecule has 0 aliphatic rings. The number of benzene rings is 1. The van der Waals surface area contributed by atoms with Crippen molar-refractivity contribution in [1.29, 1.82) is 0 Å². The number of hydrogen-bond donors (Lipinski definition) is 0. The molecule has 1 aromatic carbocycles. The van der Waals surface area contributed by atoms with Gasteiger partial charge in [0.1, 0.15) is 5.75 Å². The number of imidazole rings is 1. The van der Waals surface area contributed by atoms with Crippen LogP contribution >= 0.6 is 0 Å². The largest absolute Gasteiger partial charge is 0.496 e. The average molecular weight is 272 g/mol. The van der Waals surface area contributed by atoms with Crippen molar-refractivity contribution in [2.45, 2.75) is 32.7 Å². The molecule has 0 aliphatic heterocycles. The molecule has 0 spiro atoms. The molecular formula is C16H20N2O2. The Kier molecular flexibility index (Phi) is 3.93. The van der Waals surface area contributed by atoms with Crippen molar-refractivity contribution in [2.75, 3.05) is 7.11 Å². The fraction of sp³-hybridized carbons (Fsp3) is 0.375. The van der Waals surface area contributed by atoms with Crippen molar-refractivity contribution in [3.63, 3.8) is 0 Å². The Bertz CT molecular complexity index is 595. The van der Waals surface area contributed by atoms with Crippen LogP contribution in [-0.2, 0) is 12.0 Å².